The summed E-state index contributed by atoms with van der Waals surface area (Å²) in [5.74, 6) is 1.37. The van der Waals surface area contributed by atoms with Gasteiger partial charge in [0.05, 0.1) is 6.10 Å². The second kappa shape index (κ2) is 4.65. The van der Waals surface area contributed by atoms with Crippen molar-refractivity contribution in [3.8, 4) is 0 Å². The summed E-state index contributed by atoms with van der Waals surface area (Å²) in [6.45, 7) is 1.59. The third-order valence-corrected chi connectivity index (χ3v) is 4.15. The smallest absolute Gasteiger partial charge is 0.192 e. The number of oxime groups is 1. The first kappa shape index (κ1) is 12.2. The molecule has 0 amide bonds. The molecule has 7 heteroatoms. The zero-order chi connectivity index (χ0) is 13.4. The van der Waals surface area contributed by atoms with Crippen LogP contribution >= 0.6 is 0 Å². The average Bonchev–Trinajstić information content (AvgIpc) is 3.00. The summed E-state index contributed by atoms with van der Waals surface area (Å²) in [6.07, 6.45) is 4.81. The highest BCUT2D eigenvalue weighted by Gasteiger charge is 2.42. The molecule has 2 fully saturated rings. The zero-order valence-corrected chi connectivity index (χ0v) is 10.5. The van der Waals surface area contributed by atoms with E-state index in [1.54, 1.807) is 6.20 Å². The standard InChI is InChI=1S/C12H17N5O2/c13-11(16-19)10-12(15-4-3-14-10)17-5-7-1-2-9(18)8(7)6-17/h3-4,7-9,18-19H,1-2,5-6H2,(H2,13,16). The van der Waals surface area contributed by atoms with Gasteiger partial charge in [0.1, 0.15) is 0 Å². The molecule has 1 aliphatic heterocycles. The SMILES string of the molecule is NC(=NO)c1nccnc1N1CC2CCC(O)C2C1. The summed E-state index contributed by atoms with van der Waals surface area (Å²) in [5.41, 5.74) is 6.02. The molecule has 4 N–H and O–H groups in total. The molecular weight excluding hydrogens is 246 g/mol. The second-order valence-electron chi connectivity index (χ2n) is 5.19. The van der Waals surface area contributed by atoms with E-state index in [1.165, 1.54) is 6.20 Å². The fourth-order valence-corrected chi connectivity index (χ4v) is 3.20. The van der Waals surface area contributed by atoms with Crippen LogP contribution in [0.15, 0.2) is 17.5 Å². The van der Waals surface area contributed by atoms with Gasteiger partial charge in [-0.1, -0.05) is 5.16 Å². The average molecular weight is 263 g/mol. The van der Waals surface area contributed by atoms with Crippen molar-refractivity contribution in [3.05, 3.63) is 18.1 Å². The van der Waals surface area contributed by atoms with Crippen LogP contribution in [0, 0.1) is 11.8 Å². The number of nitrogens with zero attached hydrogens (tertiary/aromatic N) is 4. The minimum atomic E-state index is -0.223. The van der Waals surface area contributed by atoms with Crippen LogP contribution in [-0.2, 0) is 0 Å². The van der Waals surface area contributed by atoms with E-state index in [-0.39, 0.29) is 11.9 Å². The van der Waals surface area contributed by atoms with Crippen LogP contribution in [-0.4, -0.2) is 45.3 Å². The van der Waals surface area contributed by atoms with E-state index in [4.69, 9.17) is 10.9 Å². The minimum absolute atomic E-state index is 0.0410. The molecule has 3 unspecified atom stereocenters. The van der Waals surface area contributed by atoms with Gasteiger partial charge in [0, 0.05) is 31.4 Å². The van der Waals surface area contributed by atoms with E-state index in [1.807, 2.05) is 0 Å². The summed E-state index contributed by atoms with van der Waals surface area (Å²) in [4.78, 5) is 10.5. The lowest BCUT2D eigenvalue weighted by Gasteiger charge is -2.20. The fourth-order valence-electron chi connectivity index (χ4n) is 3.20. The van der Waals surface area contributed by atoms with Crippen LogP contribution in [0.3, 0.4) is 0 Å². The predicted octanol–water partition coefficient (Wildman–Crippen LogP) is -0.222. The van der Waals surface area contributed by atoms with Crippen LogP contribution in [0.4, 0.5) is 5.82 Å². The first-order valence-electron chi connectivity index (χ1n) is 6.42. The number of hydrogen-bond donors (Lipinski definition) is 3. The molecule has 7 nitrogen and oxygen atoms in total. The van der Waals surface area contributed by atoms with Crippen LogP contribution in [0.2, 0.25) is 0 Å². The second-order valence-corrected chi connectivity index (χ2v) is 5.19. The van der Waals surface area contributed by atoms with Crippen LogP contribution in [0.25, 0.3) is 0 Å². The minimum Gasteiger partial charge on any atom is -0.409 e. The van der Waals surface area contributed by atoms with Gasteiger partial charge in [0.2, 0.25) is 0 Å². The van der Waals surface area contributed by atoms with Gasteiger partial charge >= 0.3 is 0 Å². The van der Waals surface area contributed by atoms with Gasteiger partial charge in [0.25, 0.3) is 0 Å². The number of anilines is 1. The highest BCUT2D eigenvalue weighted by Crippen LogP contribution is 2.39. The number of nitrogens with two attached hydrogens (primary N) is 1. The summed E-state index contributed by atoms with van der Waals surface area (Å²) in [5, 5.41) is 21.7. The van der Waals surface area contributed by atoms with Gasteiger partial charge in [-0.2, -0.15) is 0 Å². The van der Waals surface area contributed by atoms with Gasteiger partial charge in [-0.3, -0.25) is 0 Å². The predicted molar refractivity (Wildman–Crippen MR) is 69.0 cm³/mol. The molecule has 2 aliphatic rings. The zero-order valence-electron chi connectivity index (χ0n) is 10.5. The van der Waals surface area contributed by atoms with Crippen molar-refractivity contribution in [1.29, 1.82) is 0 Å². The monoisotopic (exact) mass is 263 g/mol. The van der Waals surface area contributed by atoms with Crippen molar-refractivity contribution in [1.82, 2.24) is 9.97 Å². The molecule has 1 aliphatic carbocycles. The number of fused-ring (bicyclic) bond motifs is 1. The number of amidine groups is 1. The molecule has 3 atom stereocenters. The molecule has 0 bridgehead atoms. The summed E-state index contributed by atoms with van der Waals surface area (Å²) >= 11 is 0. The molecule has 3 rings (SSSR count). The number of aromatic nitrogens is 2. The van der Waals surface area contributed by atoms with Crippen molar-refractivity contribution >= 4 is 11.7 Å². The van der Waals surface area contributed by atoms with E-state index in [2.05, 4.69) is 20.0 Å². The molecule has 1 saturated carbocycles. The number of aliphatic hydroxyl groups excluding tert-OH is 1. The van der Waals surface area contributed by atoms with Gasteiger partial charge in [-0.15, -0.1) is 0 Å². The fraction of sp³-hybridized carbons (Fsp3) is 0.583. The largest absolute Gasteiger partial charge is 0.409 e. The Labute approximate surface area is 110 Å². The maximum atomic E-state index is 9.94. The molecule has 0 radical (unpaired) electrons. The normalized spacial score (nSPS) is 30.7. The Morgan fingerprint density at radius 1 is 1.32 bits per heavy atom. The van der Waals surface area contributed by atoms with Gasteiger partial charge < -0.3 is 20.9 Å². The van der Waals surface area contributed by atoms with E-state index in [0.29, 0.717) is 23.3 Å². The maximum absolute atomic E-state index is 9.94. The highest BCUT2D eigenvalue weighted by molar-refractivity contribution is 5.99. The third kappa shape index (κ3) is 1.99. The molecule has 102 valence electrons. The summed E-state index contributed by atoms with van der Waals surface area (Å²) in [6, 6.07) is 0. The Morgan fingerprint density at radius 2 is 2.11 bits per heavy atom. The highest BCUT2D eigenvalue weighted by atomic mass is 16.4. The molecule has 1 aromatic heterocycles. The van der Waals surface area contributed by atoms with E-state index >= 15 is 0 Å². The van der Waals surface area contributed by atoms with Crippen LogP contribution in [0.5, 0.6) is 0 Å². The lowest BCUT2D eigenvalue weighted by molar-refractivity contribution is 0.133. The lowest BCUT2D eigenvalue weighted by atomic mass is 10.00. The Kier molecular flexibility index (Phi) is 2.98. The van der Waals surface area contributed by atoms with Crippen molar-refractivity contribution in [2.45, 2.75) is 18.9 Å². The quantitative estimate of drug-likeness (QED) is 0.294. The van der Waals surface area contributed by atoms with Gasteiger partial charge in [-0.05, 0) is 18.8 Å². The first-order chi connectivity index (χ1) is 9.20. The van der Waals surface area contributed by atoms with E-state index in [9.17, 15) is 5.11 Å². The Balaban J connectivity index is 1.88. The molecule has 19 heavy (non-hydrogen) atoms. The van der Waals surface area contributed by atoms with Crippen LogP contribution in [0.1, 0.15) is 18.5 Å². The molecule has 0 aromatic carbocycles. The van der Waals surface area contributed by atoms with Crippen LogP contribution < -0.4 is 10.6 Å². The van der Waals surface area contributed by atoms with Crippen molar-refractivity contribution in [2.24, 2.45) is 22.7 Å². The Morgan fingerprint density at radius 3 is 2.84 bits per heavy atom. The van der Waals surface area contributed by atoms with Gasteiger partial charge in [-0.25, -0.2) is 9.97 Å². The first-order valence-corrected chi connectivity index (χ1v) is 6.42. The lowest BCUT2D eigenvalue weighted by Crippen LogP contribution is -2.28. The van der Waals surface area contributed by atoms with E-state index < -0.39 is 0 Å². The topological polar surface area (TPSA) is 108 Å². The molecule has 2 heterocycles. The number of aliphatic hydroxyl groups is 1. The molecular formula is C12H17N5O2. The van der Waals surface area contributed by atoms with Crippen molar-refractivity contribution in [2.75, 3.05) is 18.0 Å². The van der Waals surface area contributed by atoms with Crippen molar-refractivity contribution in [3.63, 3.8) is 0 Å². The number of rotatable bonds is 2. The Bertz CT molecular complexity index is 507. The van der Waals surface area contributed by atoms with E-state index in [0.717, 1.165) is 25.9 Å². The summed E-state index contributed by atoms with van der Waals surface area (Å²) in [7, 11) is 0. The molecule has 1 saturated heterocycles. The maximum Gasteiger partial charge on any atom is 0.192 e. The van der Waals surface area contributed by atoms with Crippen molar-refractivity contribution < 1.29 is 10.3 Å². The van der Waals surface area contributed by atoms with Gasteiger partial charge in [0.15, 0.2) is 17.3 Å². The number of hydrogen-bond acceptors (Lipinski definition) is 6. The Hall–Kier alpha value is -1.89. The summed E-state index contributed by atoms with van der Waals surface area (Å²) < 4.78 is 0. The molecule has 1 aromatic rings. The molecule has 0 spiro atoms. The third-order valence-electron chi connectivity index (χ3n) is 4.15.